The van der Waals surface area contributed by atoms with Crippen LogP contribution in [0.5, 0.6) is 0 Å². The van der Waals surface area contributed by atoms with Gasteiger partial charge in [0.05, 0.1) is 24.2 Å². The molecule has 0 bridgehead atoms. The number of likely N-dealkylation sites (tertiary alicyclic amines) is 1. The monoisotopic (exact) mass is 398 g/mol. The average molecular weight is 398 g/mol. The van der Waals surface area contributed by atoms with Gasteiger partial charge in [-0.05, 0) is 18.4 Å². The van der Waals surface area contributed by atoms with E-state index in [1.54, 1.807) is 14.1 Å². The zero-order chi connectivity index (χ0) is 21.0. The van der Waals surface area contributed by atoms with Crippen LogP contribution >= 0.6 is 0 Å². The normalized spacial score (nSPS) is 20.2. The van der Waals surface area contributed by atoms with E-state index < -0.39 is 17.8 Å². The molecule has 0 aliphatic carbocycles. The summed E-state index contributed by atoms with van der Waals surface area (Å²) in [5.41, 5.74) is 7.37. The van der Waals surface area contributed by atoms with E-state index in [-0.39, 0.29) is 11.6 Å². The van der Waals surface area contributed by atoms with E-state index >= 15 is 0 Å². The second-order valence-electron chi connectivity index (χ2n) is 6.69. The Bertz CT molecular complexity index is 967. The largest absolute Gasteiger partial charge is 0.403 e. The third kappa shape index (κ3) is 4.34. The molecule has 1 aromatic heterocycles. The minimum absolute atomic E-state index is 0.325. The topological polar surface area (TPSA) is 106 Å². The van der Waals surface area contributed by atoms with Crippen LogP contribution in [0.25, 0.3) is 0 Å². The number of rotatable bonds is 4. The van der Waals surface area contributed by atoms with E-state index in [1.807, 2.05) is 30.3 Å². The summed E-state index contributed by atoms with van der Waals surface area (Å²) in [4.78, 5) is 30.8. The molecule has 1 aliphatic rings. The standard InChI is InChI=1S/C20H23FN6O2/c1-23-15-8-9-16(20(29)26(2)17(15)10-22)24-19(28)18-14(21)12-27(25-18)11-13-6-4-3-5-7-13/h3-7,10,12,16H,8-9,11,22H2,1-2H3,(H,24,28)/t16-/m1/s1. The van der Waals surface area contributed by atoms with E-state index in [4.69, 9.17) is 5.73 Å². The third-order valence-electron chi connectivity index (χ3n) is 4.81. The fraction of sp³-hybridized carbons (Fsp3) is 0.300. The molecule has 0 unspecified atom stereocenters. The number of allylic oxidation sites excluding steroid dienone is 1. The molecule has 29 heavy (non-hydrogen) atoms. The van der Waals surface area contributed by atoms with Crippen LogP contribution < -0.4 is 11.1 Å². The molecule has 3 N–H and O–H groups in total. The van der Waals surface area contributed by atoms with Crippen LogP contribution in [-0.2, 0) is 11.3 Å². The van der Waals surface area contributed by atoms with Crippen molar-refractivity contribution in [1.29, 1.82) is 0 Å². The third-order valence-corrected chi connectivity index (χ3v) is 4.81. The molecule has 9 heteroatoms. The Kier molecular flexibility index (Phi) is 6.06. The lowest BCUT2D eigenvalue weighted by atomic mass is 10.1. The van der Waals surface area contributed by atoms with Crippen molar-refractivity contribution < 1.29 is 14.0 Å². The molecular formula is C20H23FN6O2. The maximum Gasteiger partial charge on any atom is 0.275 e. The highest BCUT2D eigenvalue weighted by molar-refractivity contribution is 6.06. The number of nitrogens with two attached hydrogens (primary N) is 1. The SMILES string of the molecule is CN=C1CC[C@@H](NC(=O)c2nn(Cc3ccccc3)cc2F)C(=O)N(C)C1=CN. The van der Waals surface area contributed by atoms with Crippen molar-refractivity contribution in [1.82, 2.24) is 20.0 Å². The molecule has 1 fully saturated rings. The number of benzene rings is 1. The zero-order valence-electron chi connectivity index (χ0n) is 16.3. The Hall–Kier alpha value is -3.49. The van der Waals surface area contributed by atoms with Gasteiger partial charge in [-0.1, -0.05) is 30.3 Å². The van der Waals surface area contributed by atoms with Crippen molar-refractivity contribution in [2.75, 3.05) is 14.1 Å². The number of halogens is 1. The molecule has 2 heterocycles. The molecule has 2 amide bonds. The first kappa shape index (κ1) is 20.2. The lowest BCUT2D eigenvalue weighted by molar-refractivity contribution is -0.129. The van der Waals surface area contributed by atoms with Gasteiger partial charge in [-0.15, -0.1) is 0 Å². The Morgan fingerprint density at radius 3 is 2.79 bits per heavy atom. The maximum absolute atomic E-state index is 14.3. The summed E-state index contributed by atoms with van der Waals surface area (Å²) >= 11 is 0. The summed E-state index contributed by atoms with van der Waals surface area (Å²) in [5.74, 6) is -1.83. The summed E-state index contributed by atoms with van der Waals surface area (Å²) < 4.78 is 15.7. The first-order valence-electron chi connectivity index (χ1n) is 9.17. The molecule has 2 aromatic rings. The fourth-order valence-electron chi connectivity index (χ4n) is 3.28. The van der Waals surface area contributed by atoms with Gasteiger partial charge >= 0.3 is 0 Å². The van der Waals surface area contributed by atoms with Crippen LogP contribution in [0.2, 0.25) is 0 Å². The number of hydrogen-bond donors (Lipinski definition) is 2. The molecule has 1 aliphatic heterocycles. The quantitative estimate of drug-likeness (QED) is 0.810. The van der Waals surface area contributed by atoms with Gasteiger partial charge in [0, 0.05) is 20.3 Å². The molecule has 152 valence electrons. The molecule has 3 rings (SSSR count). The number of nitrogens with one attached hydrogen (secondary N) is 1. The van der Waals surface area contributed by atoms with Crippen LogP contribution in [0.3, 0.4) is 0 Å². The molecular weight excluding hydrogens is 375 g/mol. The van der Waals surface area contributed by atoms with E-state index in [2.05, 4.69) is 15.4 Å². The average Bonchev–Trinajstić information content (AvgIpc) is 3.04. The highest BCUT2D eigenvalue weighted by Gasteiger charge is 2.32. The van der Waals surface area contributed by atoms with Crippen molar-refractivity contribution >= 4 is 17.5 Å². The maximum atomic E-state index is 14.3. The van der Waals surface area contributed by atoms with Crippen molar-refractivity contribution in [2.24, 2.45) is 10.7 Å². The van der Waals surface area contributed by atoms with Crippen molar-refractivity contribution in [3.8, 4) is 0 Å². The van der Waals surface area contributed by atoms with Crippen LogP contribution in [-0.4, -0.2) is 52.3 Å². The Balaban J connectivity index is 1.75. The lowest BCUT2D eigenvalue weighted by Gasteiger charge is -2.21. The molecule has 0 saturated carbocycles. The highest BCUT2D eigenvalue weighted by Crippen LogP contribution is 2.18. The molecule has 1 atom stereocenters. The Morgan fingerprint density at radius 1 is 1.41 bits per heavy atom. The van der Waals surface area contributed by atoms with Crippen LogP contribution in [0.1, 0.15) is 28.9 Å². The van der Waals surface area contributed by atoms with E-state index in [9.17, 15) is 14.0 Å². The fourth-order valence-corrected chi connectivity index (χ4v) is 3.28. The summed E-state index contributed by atoms with van der Waals surface area (Å²) in [5, 5.41) is 6.64. The number of likely N-dealkylation sites (N-methyl/N-ethyl adjacent to an activating group) is 1. The molecule has 8 nitrogen and oxygen atoms in total. The predicted molar refractivity (Wildman–Crippen MR) is 107 cm³/mol. The van der Waals surface area contributed by atoms with Crippen LogP contribution in [0.15, 0.2) is 53.4 Å². The first-order chi connectivity index (χ1) is 13.9. The summed E-state index contributed by atoms with van der Waals surface area (Å²) in [7, 11) is 3.18. The summed E-state index contributed by atoms with van der Waals surface area (Å²) in [6, 6.07) is 8.56. The van der Waals surface area contributed by atoms with Gasteiger partial charge in [0.25, 0.3) is 5.91 Å². The van der Waals surface area contributed by atoms with Crippen molar-refractivity contribution in [3.63, 3.8) is 0 Å². The number of hydrogen-bond acceptors (Lipinski definition) is 5. The number of amides is 2. The number of aliphatic imine (C=N–C) groups is 1. The molecule has 1 aromatic carbocycles. The van der Waals surface area contributed by atoms with Gasteiger partial charge in [-0.3, -0.25) is 19.3 Å². The minimum Gasteiger partial charge on any atom is -0.403 e. The highest BCUT2D eigenvalue weighted by atomic mass is 19.1. The minimum atomic E-state index is -0.833. The van der Waals surface area contributed by atoms with Crippen molar-refractivity contribution in [3.05, 3.63) is 65.5 Å². The first-order valence-corrected chi connectivity index (χ1v) is 9.17. The number of carbonyl (C=O) groups excluding carboxylic acids is 2. The van der Waals surface area contributed by atoms with Crippen molar-refractivity contribution in [2.45, 2.75) is 25.4 Å². The van der Waals surface area contributed by atoms with Gasteiger partial charge in [-0.25, -0.2) is 4.39 Å². The summed E-state index contributed by atoms with van der Waals surface area (Å²) in [6.45, 7) is 0.330. The van der Waals surface area contributed by atoms with E-state index in [0.29, 0.717) is 30.8 Å². The number of nitrogens with zero attached hydrogens (tertiary/aromatic N) is 4. The summed E-state index contributed by atoms with van der Waals surface area (Å²) in [6.07, 6.45) is 3.26. The van der Waals surface area contributed by atoms with Gasteiger partial charge < -0.3 is 16.0 Å². The number of aromatic nitrogens is 2. The predicted octanol–water partition coefficient (Wildman–Crippen LogP) is 1.29. The number of carbonyl (C=O) groups is 2. The molecule has 0 radical (unpaired) electrons. The second-order valence-corrected chi connectivity index (χ2v) is 6.69. The van der Waals surface area contributed by atoms with E-state index in [1.165, 1.54) is 22.0 Å². The van der Waals surface area contributed by atoms with Gasteiger partial charge in [0.1, 0.15) is 6.04 Å². The van der Waals surface area contributed by atoms with Gasteiger partial charge in [-0.2, -0.15) is 5.10 Å². The van der Waals surface area contributed by atoms with Gasteiger partial charge in [0.2, 0.25) is 5.91 Å². The van der Waals surface area contributed by atoms with Crippen LogP contribution in [0, 0.1) is 5.82 Å². The molecule has 0 spiro atoms. The Morgan fingerprint density at radius 2 is 2.14 bits per heavy atom. The second kappa shape index (κ2) is 8.68. The van der Waals surface area contributed by atoms with Crippen LogP contribution in [0.4, 0.5) is 4.39 Å². The smallest absolute Gasteiger partial charge is 0.275 e. The zero-order valence-corrected chi connectivity index (χ0v) is 16.3. The Labute approximate surface area is 167 Å². The van der Waals surface area contributed by atoms with E-state index in [0.717, 1.165) is 5.56 Å². The lowest BCUT2D eigenvalue weighted by Crippen LogP contribution is -2.46. The molecule has 1 saturated heterocycles. The van der Waals surface area contributed by atoms with Gasteiger partial charge in [0.15, 0.2) is 11.5 Å².